The fraction of sp³-hybridized carbons (Fsp3) is 0.562. The van der Waals surface area contributed by atoms with Crippen LogP contribution < -0.4 is 15.8 Å². The van der Waals surface area contributed by atoms with Gasteiger partial charge in [-0.25, -0.2) is 4.79 Å². The van der Waals surface area contributed by atoms with E-state index in [0.29, 0.717) is 5.56 Å². The molecule has 0 radical (unpaired) electrons. The minimum absolute atomic E-state index is 0.136. The van der Waals surface area contributed by atoms with Gasteiger partial charge in [-0.1, -0.05) is 6.92 Å². The van der Waals surface area contributed by atoms with E-state index in [9.17, 15) is 15.0 Å². The Morgan fingerprint density at radius 2 is 1.87 bits per heavy atom. The first-order chi connectivity index (χ1) is 10.5. The summed E-state index contributed by atoms with van der Waals surface area (Å²) in [5.41, 5.74) is 5.22. The van der Waals surface area contributed by atoms with E-state index in [2.05, 4.69) is 5.32 Å². The Kier molecular flexibility index (Phi) is 5.71. The van der Waals surface area contributed by atoms with Crippen molar-refractivity contribution in [3.05, 3.63) is 17.7 Å². The highest BCUT2D eigenvalue weighted by Crippen LogP contribution is 2.39. The van der Waals surface area contributed by atoms with Crippen LogP contribution in [0.5, 0.6) is 17.2 Å². The molecule has 7 heteroatoms. The first kappa shape index (κ1) is 18.9. The average molecular weight is 326 g/mol. The highest BCUT2D eigenvalue weighted by molar-refractivity contribution is 5.68. The topological polar surface area (TPSA) is 114 Å². The third kappa shape index (κ3) is 4.92. The van der Waals surface area contributed by atoms with E-state index in [1.165, 1.54) is 13.2 Å². The van der Waals surface area contributed by atoms with Gasteiger partial charge >= 0.3 is 6.09 Å². The number of carbonyl (C=O) groups excluding carboxylic acids is 1. The molecule has 1 aromatic carbocycles. The Hall–Kier alpha value is -2.15. The molecule has 0 heterocycles. The summed E-state index contributed by atoms with van der Waals surface area (Å²) in [5, 5.41) is 22.2. The molecule has 1 amide bonds. The average Bonchev–Trinajstić information content (AvgIpc) is 2.45. The number of aromatic hydroxyl groups is 2. The number of nitrogens with one attached hydrogen (secondary N) is 1. The van der Waals surface area contributed by atoms with Crippen molar-refractivity contribution < 1.29 is 24.5 Å². The van der Waals surface area contributed by atoms with E-state index in [1.807, 2.05) is 6.92 Å². The zero-order chi connectivity index (χ0) is 17.8. The minimum Gasteiger partial charge on any atom is -0.504 e. The molecule has 0 saturated heterocycles. The monoisotopic (exact) mass is 326 g/mol. The molecular formula is C16H26N2O5. The fourth-order valence-electron chi connectivity index (χ4n) is 1.97. The van der Waals surface area contributed by atoms with E-state index in [0.717, 1.165) is 0 Å². The number of phenolic OH excluding ortho intramolecular Hbond substituents is 2. The molecule has 7 nitrogen and oxygen atoms in total. The van der Waals surface area contributed by atoms with Gasteiger partial charge in [0.05, 0.1) is 7.11 Å². The highest BCUT2D eigenvalue weighted by Gasteiger charge is 2.29. The number of phenols is 2. The van der Waals surface area contributed by atoms with Gasteiger partial charge in [0.2, 0.25) is 5.75 Å². The lowest BCUT2D eigenvalue weighted by molar-refractivity contribution is 0.0516. The molecule has 130 valence electrons. The van der Waals surface area contributed by atoms with Crippen LogP contribution in [0.1, 0.15) is 33.3 Å². The molecule has 0 aromatic heterocycles. The first-order valence-corrected chi connectivity index (χ1v) is 7.30. The summed E-state index contributed by atoms with van der Waals surface area (Å²) in [6.07, 6.45) is -0.549. The van der Waals surface area contributed by atoms with Crippen molar-refractivity contribution in [3.63, 3.8) is 0 Å². The summed E-state index contributed by atoms with van der Waals surface area (Å²) in [4.78, 5) is 11.8. The van der Waals surface area contributed by atoms with Crippen LogP contribution in [0.15, 0.2) is 12.1 Å². The van der Waals surface area contributed by atoms with Crippen molar-refractivity contribution in [3.8, 4) is 17.2 Å². The van der Waals surface area contributed by atoms with Crippen molar-refractivity contribution in [2.75, 3.05) is 20.2 Å². The molecule has 0 bridgehead atoms. The van der Waals surface area contributed by atoms with Crippen LogP contribution in [0.25, 0.3) is 0 Å². The van der Waals surface area contributed by atoms with Crippen LogP contribution in [0.3, 0.4) is 0 Å². The second-order valence-electron chi connectivity index (χ2n) is 6.67. The lowest BCUT2D eigenvalue weighted by atomic mass is 9.82. The number of hydrogen-bond donors (Lipinski definition) is 4. The van der Waals surface area contributed by atoms with Gasteiger partial charge in [0, 0.05) is 18.5 Å². The summed E-state index contributed by atoms with van der Waals surface area (Å²) < 4.78 is 10.2. The van der Waals surface area contributed by atoms with Gasteiger partial charge in [-0.2, -0.15) is 0 Å². The number of nitrogens with two attached hydrogens (primary N) is 1. The number of amides is 1. The van der Waals surface area contributed by atoms with Crippen LogP contribution in [-0.2, 0) is 10.2 Å². The number of rotatable bonds is 5. The van der Waals surface area contributed by atoms with E-state index in [1.54, 1.807) is 26.8 Å². The highest BCUT2D eigenvalue weighted by atomic mass is 16.6. The smallest absolute Gasteiger partial charge is 0.407 e. The Morgan fingerprint density at radius 1 is 1.26 bits per heavy atom. The van der Waals surface area contributed by atoms with Crippen molar-refractivity contribution in [1.82, 2.24) is 5.32 Å². The summed E-state index contributed by atoms with van der Waals surface area (Å²) >= 11 is 0. The van der Waals surface area contributed by atoms with Crippen LogP contribution in [0.2, 0.25) is 0 Å². The predicted octanol–water partition coefficient (Wildman–Crippen LogP) is 1.85. The number of alkyl carbamates (subject to hydrolysis) is 1. The number of carbonyl (C=O) groups is 1. The molecule has 0 aliphatic carbocycles. The molecule has 0 fully saturated rings. The van der Waals surface area contributed by atoms with Crippen LogP contribution in [0.4, 0.5) is 4.79 Å². The minimum atomic E-state index is -0.671. The molecular weight excluding hydrogens is 300 g/mol. The van der Waals surface area contributed by atoms with Crippen molar-refractivity contribution in [2.24, 2.45) is 5.73 Å². The van der Waals surface area contributed by atoms with Gasteiger partial charge in [0.15, 0.2) is 11.5 Å². The largest absolute Gasteiger partial charge is 0.504 e. The maximum absolute atomic E-state index is 11.8. The second kappa shape index (κ2) is 6.95. The third-order valence-corrected chi connectivity index (χ3v) is 3.44. The maximum atomic E-state index is 11.8. The summed E-state index contributed by atoms with van der Waals surface area (Å²) in [6.45, 7) is 7.56. The van der Waals surface area contributed by atoms with E-state index in [4.69, 9.17) is 15.2 Å². The molecule has 0 aliphatic heterocycles. The molecule has 1 aromatic rings. The molecule has 0 aliphatic rings. The Labute approximate surface area is 136 Å². The zero-order valence-corrected chi connectivity index (χ0v) is 14.3. The van der Waals surface area contributed by atoms with Crippen LogP contribution >= 0.6 is 0 Å². The van der Waals surface area contributed by atoms with E-state index >= 15 is 0 Å². The van der Waals surface area contributed by atoms with Crippen LogP contribution in [0, 0.1) is 0 Å². The van der Waals surface area contributed by atoms with Gasteiger partial charge in [0.25, 0.3) is 0 Å². The standard InChI is InChI=1S/C16H26N2O5/c1-15(2,3)23-14(21)18-9-16(4,8-17)10-6-11(19)13(20)12(7-10)22-5/h6-7,19-20H,8-9,17H2,1-5H3,(H,18,21). The van der Waals surface area contributed by atoms with Crippen molar-refractivity contribution in [2.45, 2.75) is 38.7 Å². The molecule has 0 spiro atoms. The Morgan fingerprint density at radius 3 is 2.35 bits per heavy atom. The number of methoxy groups -OCH3 is 1. The molecule has 0 saturated carbocycles. The predicted molar refractivity (Wildman–Crippen MR) is 87.0 cm³/mol. The van der Waals surface area contributed by atoms with E-state index in [-0.39, 0.29) is 30.3 Å². The summed E-state index contributed by atoms with van der Waals surface area (Å²) in [7, 11) is 1.39. The molecule has 23 heavy (non-hydrogen) atoms. The summed E-state index contributed by atoms with van der Waals surface area (Å²) in [6, 6.07) is 2.99. The first-order valence-electron chi connectivity index (χ1n) is 7.30. The normalized spacial score (nSPS) is 14.0. The SMILES string of the molecule is COc1cc(C(C)(CN)CNC(=O)OC(C)(C)C)cc(O)c1O. The van der Waals surface area contributed by atoms with Gasteiger partial charge in [-0.15, -0.1) is 0 Å². The van der Waals surface area contributed by atoms with Gasteiger partial charge in [0.1, 0.15) is 5.60 Å². The quantitative estimate of drug-likeness (QED) is 0.614. The number of hydrogen-bond acceptors (Lipinski definition) is 6. The molecule has 1 unspecified atom stereocenters. The number of ether oxygens (including phenoxy) is 2. The van der Waals surface area contributed by atoms with Crippen molar-refractivity contribution >= 4 is 6.09 Å². The van der Waals surface area contributed by atoms with Gasteiger partial charge in [-0.3, -0.25) is 0 Å². The molecule has 5 N–H and O–H groups in total. The Bertz CT molecular complexity index is 568. The van der Waals surface area contributed by atoms with Crippen LogP contribution in [-0.4, -0.2) is 42.1 Å². The molecule has 1 rings (SSSR count). The second-order valence-corrected chi connectivity index (χ2v) is 6.67. The Balaban J connectivity index is 2.97. The number of benzene rings is 1. The molecule has 1 atom stereocenters. The van der Waals surface area contributed by atoms with Gasteiger partial charge < -0.3 is 30.7 Å². The maximum Gasteiger partial charge on any atom is 0.407 e. The third-order valence-electron chi connectivity index (χ3n) is 3.44. The lowest BCUT2D eigenvalue weighted by Gasteiger charge is -2.30. The van der Waals surface area contributed by atoms with Crippen molar-refractivity contribution in [1.29, 1.82) is 0 Å². The lowest BCUT2D eigenvalue weighted by Crippen LogP contribution is -2.45. The zero-order valence-electron chi connectivity index (χ0n) is 14.3. The van der Waals surface area contributed by atoms with E-state index < -0.39 is 17.1 Å². The summed E-state index contributed by atoms with van der Waals surface area (Å²) in [5.74, 6) is -0.510. The van der Waals surface area contributed by atoms with Gasteiger partial charge in [-0.05, 0) is 38.5 Å². The fourth-order valence-corrected chi connectivity index (χ4v) is 1.97.